The minimum atomic E-state index is -1.60. The third kappa shape index (κ3) is 10.5. The smallest absolute Gasteiger partial charge is 0.123 e. The van der Waals surface area contributed by atoms with Crippen molar-refractivity contribution >= 4 is 89.8 Å². The van der Waals surface area contributed by atoms with Crippen LogP contribution in [0.4, 0.5) is 103 Å². The fraction of sp³-hybridized carbons (Fsp3) is 0.0213. The summed E-state index contributed by atoms with van der Waals surface area (Å²) in [5.74, 6) is -3.69. The molecule has 106 heavy (non-hydrogen) atoms. The normalized spacial score (nSPS) is 14.7. The highest BCUT2D eigenvalue weighted by atomic mass is 19.2. The molecule has 4 nitrogen and oxygen atoms in total. The van der Waals surface area contributed by atoms with Crippen LogP contribution in [0.5, 0.6) is 0 Å². The molecule has 0 spiro atoms. The number of benzene rings is 16. The summed E-state index contributed by atoms with van der Waals surface area (Å²) < 4.78 is 124. The van der Waals surface area contributed by atoms with Crippen LogP contribution in [0.25, 0.3) is 43.8 Å². The molecular formula is C94H58F8N4. The van der Waals surface area contributed by atoms with Crippen molar-refractivity contribution < 1.29 is 35.1 Å². The van der Waals surface area contributed by atoms with Crippen LogP contribution in [-0.2, 0) is 10.8 Å². The second-order valence-electron chi connectivity index (χ2n) is 26.6. The van der Waals surface area contributed by atoms with Gasteiger partial charge in [-0.05, 0) is 297 Å². The van der Waals surface area contributed by atoms with Crippen molar-refractivity contribution in [2.45, 2.75) is 10.8 Å². The molecule has 0 saturated heterocycles. The molecule has 0 aromatic heterocycles. The Bertz CT molecular complexity index is 5470. The molecular weight excluding hydrogens is 1340 g/mol. The maximum Gasteiger partial charge on any atom is 0.123 e. The summed E-state index contributed by atoms with van der Waals surface area (Å²) in [5.41, 5.74) is 11.9. The average molecular weight is 1400 g/mol. The molecule has 16 aromatic rings. The van der Waals surface area contributed by atoms with Crippen molar-refractivity contribution in [2.75, 3.05) is 19.6 Å². The summed E-state index contributed by atoms with van der Waals surface area (Å²) in [6.07, 6.45) is 0. The molecule has 2 unspecified atom stereocenters. The molecule has 18 rings (SSSR count). The lowest BCUT2D eigenvalue weighted by Gasteiger charge is -2.51. The summed E-state index contributed by atoms with van der Waals surface area (Å²) in [5, 5.41) is 3.20. The lowest BCUT2D eigenvalue weighted by Crippen LogP contribution is -2.50. The monoisotopic (exact) mass is 1390 g/mol. The van der Waals surface area contributed by atoms with Crippen molar-refractivity contribution in [3.63, 3.8) is 0 Å². The van der Waals surface area contributed by atoms with Gasteiger partial charge in [-0.2, -0.15) is 0 Å². The fourth-order valence-corrected chi connectivity index (χ4v) is 16.7. The van der Waals surface area contributed by atoms with E-state index in [9.17, 15) is 0 Å². The Morgan fingerprint density at radius 2 is 0.396 bits per heavy atom. The molecule has 0 aliphatic heterocycles. The van der Waals surface area contributed by atoms with Gasteiger partial charge in [0.25, 0.3) is 0 Å². The quantitative estimate of drug-likeness (QED) is 0.0949. The molecule has 0 radical (unpaired) electrons. The van der Waals surface area contributed by atoms with Gasteiger partial charge >= 0.3 is 0 Å². The van der Waals surface area contributed by atoms with E-state index in [4.69, 9.17) is 0 Å². The first-order chi connectivity index (χ1) is 51.8. The van der Waals surface area contributed by atoms with Crippen LogP contribution in [0.3, 0.4) is 0 Å². The minimum Gasteiger partial charge on any atom is -0.310 e. The molecule has 0 fully saturated rings. The number of halogens is 8. The van der Waals surface area contributed by atoms with Gasteiger partial charge in [0.1, 0.15) is 46.5 Å². The zero-order valence-corrected chi connectivity index (χ0v) is 56.3. The summed E-state index contributed by atoms with van der Waals surface area (Å²) in [7, 11) is 0. The van der Waals surface area contributed by atoms with Crippen LogP contribution >= 0.6 is 0 Å². The van der Waals surface area contributed by atoms with E-state index in [2.05, 4.69) is 84.9 Å². The van der Waals surface area contributed by atoms with Gasteiger partial charge in [0.15, 0.2) is 0 Å². The molecule has 2 aliphatic rings. The molecule has 0 amide bonds. The number of hydrogen-bond donors (Lipinski definition) is 0. The summed E-state index contributed by atoms with van der Waals surface area (Å²) in [6.45, 7) is 0. The molecule has 0 N–H and O–H groups in total. The fourth-order valence-electron chi connectivity index (χ4n) is 16.7. The van der Waals surface area contributed by atoms with Crippen LogP contribution < -0.4 is 19.6 Å². The Kier molecular flexibility index (Phi) is 15.8. The highest BCUT2D eigenvalue weighted by molar-refractivity contribution is 6.15. The maximum absolute atomic E-state index is 15.6. The van der Waals surface area contributed by atoms with Gasteiger partial charge < -0.3 is 19.6 Å². The third-order valence-electron chi connectivity index (χ3n) is 20.9. The van der Waals surface area contributed by atoms with Gasteiger partial charge in [0.05, 0.1) is 22.2 Å². The molecule has 0 saturated carbocycles. The number of nitrogens with zero attached hydrogens (tertiary/aromatic N) is 4. The van der Waals surface area contributed by atoms with Crippen molar-refractivity contribution in [2.24, 2.45) is 0 Å². The first-order valence-corrected chi connectivity index (χ1v) is 34.6. The van der Waals surface area contributed by atoms with Crippen molar-refractivity contribution in [1.29, 1.82) is 0 Å². The zero-order chi connectivity index (χ0) is 72.0. The maximum atomic E-state index is 15.6. The van der Waals surface area contributed by atoms with Crippen LogP contribution in [0.2, 0.25) is 0 Å². The van der Waals surface area contributed by atoms with E-state index in [-0.39, 0.29) is 0 Å². The zero-order valence-electron chi connectivity index (χ0n) is 56.3. The number of anilines is 12. The molecule has 2 aliphatic carbocycles. The Hall–Kier alpha value is -13.3. The van der Waals surface area contributed by atoms with Crippen molar-refractivity contribution in [1.82, 2.24) is 0 Å². The number of fused-ring (bicyclic) bond motifs is 10. The van der Waals surface area contributed by atoms with Gasteiger partial charge in [-0.15, -0.1) is 0 Å². The largest absolute Gasteiger partial charge is 0.310 e. The Labute approximate surface area is 606 Å². The Morgan fingerprint density at radius 3 is 0.651 bits per heavy atom. The Morgan fingerprint density at radius 1 is 0.179 bits per heavy atom. The molecule has 2 atom stereocenters. The minimum absolute atomic E-state index is 0.460. The summed E-state index contributed by atoms with van der Waals surface area (Å²) >= 11 is 0. The van der Waals surface area contributed by atoms with E-state index >= 15 is 35.1 Å². The van der Waals surface area contributed by atoms with E-state index in [1.165, 1.54) is 97.1 Å². The van der Waals surface area contributed by atoms with Gasteiger partial charge in [0.2, 0.25) is 0 Å². The van der Waals surface area contributed by atoms with Gasteiger partial charge in [-0.25, -0.2) is 35.1 Å². The van der Waals surface area contributed by atoms with Crippen molar-refractivity contribution in [3.8, 4) is 22.3 Å². The van der Waals surface area contributed by atoms with Crippen molar-refractivity contribution in [3.05, 3.63) is 432 Å². The van der Waals surface area contributed by atoms with E-state index < -0.39 is 57.4 Å². The number of rotatable bonds is 15. The topological polar surface area (TPSA) is 13.0 Å². The second-order valence-corrected chi connectivity index (χ2v) is 26.6. The SMILES string of the molecule is Fc1ccc(N(c2ccc(F)cc2)c2ccc3c(c2)C(c2ccccc2)(C2(c4ccccc4)c4cc(N(c5ccc(F)cc5)c5ccc(F)cc5)ccc4-c4c2cc(N(c2ccc(F)cc2)c2ccc(F)cc2)c2ccccc42)c2cc(N(c4ccc(F)cc4)c4ccc(F)cc4)c4ccccc4c2-3)cc1. The van der Waals surface area contributed by atoms with Crippen LogP contribution in [0, 0.1) is 46.5 Å². The van der Waals surface area contributed by atoms with Gasteiger partial charge in [-0.3, -0.25) is 0 Å². The highest BCUT2D eigenvalue weighted by Gasteiger charge is 2.65. The van der Waals surface area contributed by atoms with E-state index in [1.807, 2.05) is 92.4 Å². The lowest BCUT2D eigenvalue weighted by molar-refractivity contribution is 0.438. The standard InChI is InChI=1S/C94H58F8N4/c95-61-19-35-69(36-20-61)103(70-37-21-62(96)22-38-70)77-51-53-83-85(55-77)93(59-11-3-1-4-12-59,87-57-89(79-15-7-9-17-81(79)91(83)87)105(73-43-27-65(99)28-44-73)74-45-29-66(100)30-46-74)94(60-13-5-2-6-14-60)86-56-78(104(71-39-23-63(97)24-40-71)72-41-25-64(98)26-42-72)52-54-84(86)92-82-18-10-8-16-80(82)90(58-88(92)94)106(75-47-31-67(101)32-48-75)76-49-33-68(102)34-50-76/h1-58H. The van der Waals surface area contributed by atoms with Gasteiger partial charge in [0, 0.05) is 67.6 Å². The molecule has 16 aromatic carbocycles. The van der Waals surface area contributed by atoms with Crippen LogP contribution in [0.1, 0.15) is 33.4 Å². The third-order valence-corrected chi connectivity index (χ3v) is 20.9. The van der Waals surface area contributed by atoms with E-state index in [0.29, 0.717) is 68.2 Å². The molecule has 510 valence electrons. The van der Waals surface area contributed by atoms with E-state index in [1.54, 1.807) is 97.1 Å². The number of hydrogen-bond acceptors (Lipinski definition) is 4. The Balaban J connectivity index is 1.08. The van der Waals surface area contributed by atoms with Crippen LogP contribution in [-0.4, -0.2) is 0 Å². The first-order valence-electron chi connectivity index (χ1n) is 34.6. The molecule has 0 heterocycles. The predicted octanol–water partition coefficient (Wildman–Crippen LogP) is 26.3. The lowest BCUT2D eigenvalue weighted by atomic mass is 9.49. The second kappa shape index (κ2) is 25.9. The summed E-state index contributed by atoms with van der Waals surface area (Å²) in [4.78, 5) is 8.01. The van der Waals surface area contributed by atoms with E-state index in [0.717, 1.165) is 77.2 Å². The first kappa shape index (κ1) is 64.8. The molecule has 0 bridgehead atoms. The average Bonchev–Trinajstić information content (AvgIpc) is 1.47. The summed E-state index contributed by atoms with van der Waals surface area (Å²) in [6, 6.07) is 104. The van der Waals surface area contributed by atoms with Crippen LogP contribution in [0.15, 0.2) is 352 Å². The van der Waals surface area contributed by atoms with Gasteiger partial charge in [-0.1, -0.05) is 121 Å². The highest BCUT2D eigenvalue weighted by Crippen LogP contribution is 2.73. The molecule has 12 heteroatoms. The predicted molar refractivity (Wildman–Crippen MR) is 410 cm³/mol.